The van der Waals surface area contributed by atoms with E-state index in [9.17, 15) is 14.7 Å². The van der Waals surface area contributed by atoms with Crippen LogP contribution in [-0.2, 0) is 16.1 Å². The molecule has 2 N–H and O–H groups in total. The van der Waals surface area contributed by atoms with Crippen LogP contribution in [0.1, 0.15) is 18.0 Å². The van der Waals surface area contributed by atoms with E-state index in [0.29, 0.717) is 43.4 Å². The number of hydrogen-bond acceptors (Lipinski definition) is 7. The normalized spacial score (nSPS) is 15.6. The average Bonchev–Trinajstić information content (AvgIpc) is 3.16. The molecular weight excluding hydrogens is 414 g/mol. The minimum Gasteiger partial charge on any atom is -0.497 e. The summed E-state index contributed by atoms with van der Waals surface area (Å²) in [4.78, 5) is 36.0. The number of nitrogens with zero attached hydrogens (tertiary/aromatic N) is 5. The van der Waals surface area contributed by atoms with E-state index in [1.54, 1.807) is 37.8 Å². The molecule has 10 nitrogen and oxygen atoms in total. The molecule has 0 radical (unpaired) electrons. The molecule has 0 saturated carbocycles. The van der Waals surface area contributed by atoms with Gasteiger partial charge in [0.2, 0.25) is 5.95 Å². The Hall–Kier alpha value is -3.66. The number of aliphatic carboxylic acids is 2. The maximum Gasteiger partial charge on any atom is 0.325 e. The van der Waals surface area contributed by atoms with Crippen LogP contribution in [0.3, 0.4) is 0 Å². The molecule has 1 atom stereocenters. The van der Waals surface area contributed by atoms with Crippen molar-refractivity contribution in [2.24, 2.45) is 0 Å². The van der Waals surface area contributed by atoms with Crippen molar-refractivity contribution in [1.82, 2.24) is 19.4 Å². The van der Waals surface area contributed by atoms with E-state index in [-0.39, 0.29) is 13.0 Å². The van der Waals surface area contributed by atoms with Crippen LogP contribution in [-0.4, -0.2) is 74.9 Å². The Kier molecular flexibility index (Phi) is 6.22. The van der Waals surface area contributed by atoms with Crippen LogP contribution in [0, 0.1) is 0 Å². The molecule has 168 valence electrons. The standard InChI is InChI=1S/C22H25N5O5/c1-32-15-3-4-18-16(13-15)17(14-27(18)8-5-19(28)29)20(21(30)31)25-9-11-26(12-10-25)22-23-6-2-7-24-22/h2-4,6-7,13-14,20H,5,8-12H2,1H3,(H,28,29)(H,30,31). The van der Waals surface area contributed by atoms with Gasteiger partial charge in [-0.25, -0.2) is 9.97 Å². The highest BCUT2D eigenvalue weighted by molar-refractivity contribution is 5.90. The number of carboxylic acid groups (broad SMARTS) is 2. The molecule has 32 heavy (non-hydrogen) atoms. The average molecular weight is 439 g/mol. The number of hydrogen-bond donors (Lipinski definition) is 2. The second kappa shape index (κ2) is 9.23. The minimum absolute atomic E-state index is 0.0528. The highest BCUT2D eigenvalue weighted by Gasteiger charge is 2.33. The lowest BCUT2D eigenvalue weighted by atomic mass is 10.0. The van der Waals surface area contributed by atoms with E-state index in [4.69, 9.17) is 9.84 Å². The summed E-state index contributed by atoms with van der Waals surface area (Å²) in [6.07, 6.45) is 5.09. The SMILES string of the molecule is COc1ccc2c(c1)c(C(C(=O)O)N1CCN(c3ncccn3)CC1)cn2CCC(=O)O. The first-order valence-corrected chi connectivity index (χ1v) is 10.4. The lowest BCUT2D eigenvalue weighted by Crippen LogP contribution is -2.49. The van der Waals surface area contributed by atoms with E-state index in [1.165, 1.54) is 0 Å². The number of ether oxygens (including phenoxy) is 1. The smallest absolute Gasteiger partial charge is 0.325 e. The largest absolute Gasteiger partial charge is 0.497 e. The predicted molar refractivity (Wildman–Crippen MR) is 117 cm³/mol. The summed E-state index contributed by atoms with van der Waals surface area (Å²) in [7, 11) is 1.56. The van der Waals surface area contributed by atoms with E-state index < -0.39 is 18.0 Å². The number of carbonyl (C=O) groups is 2. The van der Waals surface area contributed by atoms with Crippen molar-refractivity contribution in [3.63, 3.8) is 0 Å². The summed E-state index contributed by atoms with van der Waals surface area (Å²) in [5.74, 6) is -0.607. The van der Waals surface area contributed by atoms with Gasteiger partial charge in [0.05, 0.1) is 13.5 Å². The monoisotopic (exact) mass is 439 g/mol. The maximum absolute atomic E-state index is 12.4. The first-order chi connectivity index (χ1) is 15.5. The second-order valence-electron chi connectivity index (χ2n) is 7.62. The zero-order valence-electron chi connectivity index (χ0n) is 17.7. The van der Waals surface area contributed by atoms with Crippen molar-refractivity contribution < 1.29 is 24.5 Å². The number of benzene rings is 1. The third-order valence-electron chi connectivity index (χ3n) is 5.73. The number of carboxylic acids is 2. The zero-order chi connectivity index (χ0) is 22.7. The van der Waals surface area contributed by atoms with Crippen LogP contribution in [0.4, 0.5) is 5.95 Å². The van der Waals surface area contributed by atoms with Crippen molar-refractivity contribution >= 4 is 28.8 Å². The molecule has 4 rings (SSSR count). The van der Waals surface area contributed by atoms with Gasteiger partial charge in [0.15, 0.2) is 0 Å². The minimum atomic E-state index is -0.950. The molecule has 0 bridgehead atoms. The molecular formula is C22H25N5O5. The molecule has 1 fully saturated rings. The number of piperazine rings is 1. The summed E-state index contributed by atoms with van der Waals surface area (Å²) in [6, 6.07) is 6.33. The molecule has 0 spiro atoms. The van der Waals surface area contributed by atoms with Crippen LogP contribution in [0.2, 0.25) is 0 Å². The highest BCUT2D eigenvalue weighted by atomic mass is 16.5. The maximum atomic E-state index is 12.4. The van der Waals surface area contributed by atoms with E-state index >= 15 is 0 Å². The Morgan fingerprint density at radius 2 is 1.84 bits per heavy atom. The number of methoxy groups -OCH3 is 1. The van der Waals surface area contributed by atoms with Crippen LogP contribution >= 0.6 is 0 Å². The van der Waals surface area contributed by atoms with Gasteiger partial charge in [0.25, 0.3) is 0 Å². The van der Waals surface area contributed by atoms with E-state index in [0.717, 1.165) is 10.9 Å². The summed E-state index contributed by atoms with van der Waals surface area (Å²) in [6.45, 7) is 2.52. The van der Waals surface area contributed by atoms with E-state index in [1.807, 2.05) is 26.5 Å². The van der Waals surface area contributed by atoms with Crippen LogP contribution in [0.25, 0.3) is 10.9 Å². The molecule has 10 heteroatoms. The molecule has 1 aliphatic rings. The van der Waals surface area contributed by atoms with Crippen molar-refractivity contribution in [3.05, 3.63) is 48.4 Å². The Morgan fingerprint density at radius 3 is 2.47 bits per heavy atom. The molecule has 1 unspecified atom stereocenters. The molecule has 3 heterocycles. The fourth-order valence-electron chi connectivity index (χ4n) is 4.17. The summed E-state index contributed by atoms with van der Waals surface area (Å²) in [5.41, 5.74) is 1.41. The first-order valence-electron chi connectivity index (χ1n) is 10.4. The molecule has 2 aromatic heterocycles. The van der Waals surface area contributed by atoms with Gasteiger partial charge in [-0.1, -0.05) is 0 Å². The van der Waals surface area contributed by atoms with Crippen molar-refractivity contribution in [2.45, 2.75) is 19.0 Å². The number of aryl methyl sites for hydroxylation is 1. The van der Waals surface area contributed by atoms with Crippen LogP contribution < -0.4 is 9.64 Å². The van der Waals surface area contributed by atoms with Gasteiger partial charge in [-0.2, -0.15) is 0 Å². The fraction of sp³-hybridized carbons (Fsp3) is 0.364. The molecule has 1 aromatic carbocycles. The summed E-state index contributed by atoms with van der Waals surface area (Å²) in [5, 5.41) is 20.0. The molecule has 1 saturated heterocycles. The van der Waals surface area contributed by atoms with Gasteiger partial charge in [0, 0.05) is 67.8 Å². The van der Waals surface area contributed by atoms with Gasteiger partial charge < -0.3 is 24.4 Å². The zero-order valence-corrected chi connectivity index (χ0v) is 17.7. The van der Waals surface area contributed by atoms with Crippen molar-refractivity contribution in [3.8, 4) is 5.75 Å². The highest BCUT2D eigenvalue weighted by Crippen LogP contribution is 2.34. The predicted octanol–water partition coefficient (Wildman–Crippen LogP) is 1.86. The van der Waals surface area contributed by atoms with Crippen molar-refractivity contribution in [1.29, 1.82) is 0 Å². The lowest BCUT2D eigenvalue weighted by molar-refractivity contribution is -0.143. The first kappa shape index (κ1) is 21.6. The van der Waals surface area contributed by atoms with Gasteiger partial charge in [-0.15, -0.1) is 0 Å². The molecule has 1 aliphatic heterocycles. The Balaban J connectivity index is 1.65. The van der Waals surface area contributed by atoms with Crippen LogP contribution in [0.15, 0.2) is 42.9 Å². The lowest BCUT2D eigenvalue weighted by Gasteiger charge is -2.37. The summed E-state index contributed by atoms with van der Waals surface area (Å²) < 4.78 is 7.16. The number of anilines is 1. The van der Waals surface area contributed by atoms with E-state index in [2.05, 4.69) is 9.97 Å². The number of rotatable bonds is 8. The third-order valence-corrected chi connectivity index (χ3v) is 5.73. The second-order valence-corrected chi connectivity index (χ2v) is 7.62. The topological polar surface area (TPSA) is 121 Å². The van der Waals surface area contributed by atoms with Gasteiger partial charge in [-0.3, -0.25) is 14.5 Å². The fourth-order valence-corrected chi connectivity index (χ4v) is 4.17. The van der Waals surface area contributed by atoms with Gasteiger partial charge in [0.1, 0.15) is 11.8 Å². The summed E-state index contributed by atoms with van der Waals surface area (Å²) >= 11 is 0. The van der Waals surface area contributed by atoms with Crippen LogP contribution in [0.5, 0.6) is 5.75 Å². The molecule has 0 aliphatic carbocycles. The Morgan fingerprint density at radius 1 is 1.12 bits per heavy atom. The third kappa shape index (κ3) is 4.35. The number of aromatic nitrogens is 3. The van der Waals surface area contributed by atoms with Gasteiger partial charge in [-0.05, 0) is 24.3 Å². The number of fused-ring (bicyclic) bond motifs is 1. The molecule has 3 aromatic rings. The molecule has 0 amide bonds. The quantitative estimate of drug-likeness (QED) is 0.542. The Labute approximate surface area is 184 Å². The Bertz CT molecular complexity index is 1110. The van der Waals surface area contributed by atoms with Crippen molar-refractivity contribution in [2.75, 3.05) is 38.2 Å². The van der Waals surface area contributed by atoms with Gasteiger partial charge >= 0.3 is 11.9 Å².